The van der Waals surface area contributed by atoms with Crippen molar-refractivity contribution < 1.29 is 18.7 Å². The van der Waals surface area contributed by atoms with Crippen LogP contribution < -0.4 is 4.74 Å². The Kier molecular flexibility index (Phi) is 10.7. The summed E-state index contributed by atoms with van der Waals surface area (Å²) in [5, 5.41) is 0.764. The summed E-state index contributed by atoms with van der Waals surface area (Å²) in [6.45, 7) is 11.2. The minimum Gasteiger partial charge on any atom is -0.473 e. The number of halogens is 1. The van der Waals surface area contributed by atoms with Gasteiger partial charge in [0.05, 0.1) is 0 Å². The van der Waals surface area contributed by atoms with E-state index in [2.05, 4.69) is 46.1 Å². The molecule has 0 aliphatic rings. The maximum absolute atomic E-state index is 12.0. The standard InChI is InChI=1S/C32H39N3O4.ClH/c1-7-23-15-17-24(18-16-23)27-28-30(33-21-34-31(28)38-29(27)25-12-9-8-10-13-25)37-22(2)20-35(6)19-11-14-26(36)39-32(3,4)5;/h8-10,12-13,15-18,21-22H,7,11,14,19-20H2,1-6H3;1H/t22-;/m0./s1. The minimum atomic E-state index is -0.460. The number of aromatic nitrogens is 2. The maximum Gasteiger partial charge on any atom is 0.306 e. The summed E-state index contributed by atoms with van der Waals surface area (Å²) in [5.41, 5.74) is 4.21. The Morgan fingerprint density at radius 3 is 2.38 bits per heavy atom. The molecule has 4 aromatic rings. The molecule has 0 radical (unpaired) electrons. The highest BCUT2D eigenvalue weighted by Crippen LogP contribution is 2.43. The molecule has 1 atom stereocenters. The number of fused-ring (bicyclic) bond motifs is 1. The summed E-state index contributed by atoms with van der Waals surface area (Å²) in [6, 6.07) is 18.6. The van der Waals surface area contributed by atoms with Crippen LogP contribution >= 0.6 is 12.4 Å². The topological polar surface area (TPSA) is 77.7 Å². The van der Waals surface area contributed by atoms with Crippen molar-refractivity contribution in [1.82, 2.24) is 14.9 Å². The van der Waals surface area contributed by atoms with Gasteiger partial charge in [-0.2, -0.15) is 0 Å². The highest BCUT2D eigenvalue weighted by Gasteiger charge is 2.24. The second kappa shape index (κ2) is 13.8. The molecule has 0 aliphatic heterocycles. The van der Waals surface area contributed by atoms with Crippen molar-refractivity contribution >= 4 is 29.5 Å². The quantitative estimate of drug-likeness (QED) is 0.176. The molecule has 0 saturated heterocycles. The average molecular weight is 566 g/mol. The van der Waals surface area contributed by atoms with Gasteiger partial charge in [-0.1, -0.05) is 61.5 Å². The van der Waals surface area contributed by atoms with Gasteiger partial charge in [0.1, 0.15) is 29.2 Å². The summed E-state index contributed by atoms with van der Waals surface area (Å²) in [5.74, 6) is 1.07. The van der Waals surface area contributed by atoms with Crippen molar-refractivity contribution in [3.63, 3.8) is 0 Å². The largest absolute Gasteiger partial charge is 0.473 e. The number of carbonyl (C=O) groups excluding carboxylic acids is 1. The zero-order chi connectivity index (χ0) is 28.0. The number of rotatable bonds is 11. The lowest BCUT2D eigenvalue weighted by Gasteiger charge is -2.23. The Labute approximate surface area is 243 Å². The van der Waals surface area contributed by atoms with E-state index >= 15 is 0 Å². The van der Waals surface area contributed by atoms with Crippen molar-refractivity contribution in [3.05, 3.63) is 66.5 Å². The molecule has 0 spiro atoms. The van der Waals surface area contributed by atoms with Crippen LogP contribution in [-0.2, 0) is 16.0 Å². The second-order valence-electron chi connectivity index (χ2n) is 11.0. The fraction of sp³-hybridized carbons (Fsp3) is 0.406. The zero-order valence-corrected chi connectivity index (χ0v) is 25.1. The van der Waals surface area contributed by atoms with Crippen LogP contribution in [0.3, 0.4) is 0 Å². The van der Waals surface area contributed by atoms with Crippen LogP contribution in [0.25, 0.3) is 33.6 Å². The molecule has 0 unspecified atom stereocenters. The molecule has 2 heterocycles. The number of carbonyl (C=O) groups is 1. The van der Waals surface area contributed by atoms with Gasteiger partial charge in [0, 0.05) is 24.1 Å². The summed E-state index contributed by atoms with van der Waals surface area (Å²) in [6.07, 6.45) is 3.41. The molecule has 0 saturated carbocycles. The molecular weight excluding hydrogens is 526 g/mol. The number of hydrogen-bond acceptors (Lipinski definition) is 7. The third-order valence-corrected chi connectivity index (χ3v) is 6.36. The first-order valence-electron chi connectivity index (χ1n) is 13.6. The first kappa shape index (κ1) is 31.1. The van der Waals surface area contributed by atoms with Gasteiger partial charge in [0.25, 0.3) is 0 Å². The van der Waals surface area contributed by atoms with Gasteiger partial charge >= 0.3 is 5.97 Å². The Hall–Kier alpha value is -3.42. The van der Waals surface area contributed by atoms with Crippen LogP contribution in [0.15, 0.2) is 65.3 Å². The number of likely N-dealkylation sites (N-methyl/N-ethyl adjacent to an activating group) is 1. The van der Waals surface area contributed by atoms with E-state index in [1.807, 2.05) is 65.1 Å². The van der Waals surface area contributed by atoms with Crippen LogP contribution in [-0.4, -0.2) is 52.7 Å². The predicted molar refractivity (Wildman–Crippen MR) is 162 cm³/mol. The third-order valence-electron chi connectivity index (χ3n) is 6.36. The number of hydrogen-bond donors (Lipinski definition) is 0. The Balaban J connectivity index is 0.00000441. The summed E-state index contributed by atoms with van der Waals surface area (Å²) < 4.78 is 18.1. The van der Waals surface area contributed by atoms with E-state index in [-0.39, 0.29) is 24.5 Å². The Bertz CT molecular complexity index is 1380. The van der Waals surface area contributed by atoms with E-state index in [1.54, 1.807) is 0 Å². The smallest absolute Gasteiger partial charge is 0.306 e. The Morgan fingerprint density at radius 2 is 1.73 bits per heavy atom. The maximum atomic E-state index is 12.0. The van der Waals surface area contributed by atoms with E-state index in [1.165, 1.54) is 11.9 Å². The normalized spacial score (nSPS) is 12.3. The van der Waals surface area contributed by atoms with Gasteiger partial charge in [-0.25, -0.2) is 9.97 Å². The van der Waals surface area contributed by atoms with E-state index in [4.69, 9.17) is 13.9 Å². The molecule has 7 nitrogen and oxygen atoms in total. The molecule has 0 bridgehead atoms. The Morgan fingerprint density at radius 1 is 1.02 bits per heavy atom. The lowest BCUT2D eigenvalue weighted by atomic mass is 9.98. The number of aryl methyl sites for hydroxylation is 1. The molecular formula is C32H40ClN3O4. The first-order chi connectivity index (χ1) is 18.6. The van der Waals surface area contributed by atoms with Gasteiger partial charge in [-0.15, -0.1) is 12.4 Å². The van der Waals surface area contributed by atoms with Crippen molar-refractivity contribution in [2.75, 3.05) is 20.1 Å². The molecule has 2 aromatic heterocycles. The first-order valence-corrected chi connectivity index (χ1v) is 13.6. The van der Waals surface area contributed by atoms with Gasteiger partial charge < -0.3 is 18.8 Å². The molecule has 0 N–H and O–H groups in total. The van der Waals surface area contributed by atoms with Gasteiger partial charge in [0.2, 0.25) is 11.6 Å². The second-order valence-corrected chi connectivity index (χ2v) is 11.0. The number of nitrogens with zero attached hydrogens (tertiary/aromatic N) is 3. The molecule has 40 heavy (non-hydrogen) atoms. The third kappa shape index (κ3) is 8.05. The van der Waals surface area contributed by atoms with Gasteiger partial charge in [0.15, 0.2) is 0 Å². The molecule has 2 aromatic carbocycles. The fourth-order valence-corrected chi connectivity index (χ4v) is 4.62. The lowest BCUT2D eigenvalue weighted by molar-refractivity contribution is -0.154. The monoisotopic (exact) mass is 565 g/mol. The predicted octanol–water partition coefficient (Wildman–Crippen LogP) is 7.36. The highest BCUT2D eigenvalue weighted by atomic mass is 35.5. The minimum absolute atomic E-state index is 0. The molecule has 4 rings (SSSR count). The van der Waals surface area contributed by atoms with Gasteiger partial charge in [-0.05, 0) is 65.3 Å². The van der Waals surface area contributed by atoms with Crippen LogP contribution in [0.4, 0.5) is 0 Å². The highest BCUT2D eigenvalue weighted by molar-refractivity contribution is 6.03. The van der Waals surface area contributed by atoms with E-state index < -0.39 is 5.60 Å². The molecule has 0 fully saturated rings. The summed E-state index contributed by atoms with van der Waals surface area (Å²) in [7, 11) is 2.02. The van der Waals surface area contributed by atoms with Crippen LogP contribution in [0.1, 0.15) is 53.0 Å². The molecule has 8 heteroatoms. The van der Waals surface area contributed by atoms with Gasteiger partial charge in [-0.3, -0.25) is 4.79 Å². The summed E-state index contributed by atoms with van der Waals surface area (Å²) in [4.78, 5) is 23.2. The van der Waals surface area contributed by atoms with E-state index in [9.17, 15) is 4.79 Å². The van der Waals surface area contributed by atoms with Crippen molar-refractivity contribution in [2.24, 2.45) is 0 Å². The average Bonchev–Trinajstić information content (AvgIpc) is 3.29. The van der Waals surface area contributed by atoms with Crippen molar-refractivity contribution in [1.29, 1.82) is 0 Å². The summed E-state index contributed by atoms with van der Waals surface area (Å²) >= 11 is 0. The molecule has 0 aliphatic carbocycles. The van der Waals surface area contributed by atoms with E-state index in [0.29, 0.717) is 24.6 Å². The number of esters is 1. The van der Waals surface area contributed by atoms with Crippen LogP contribution in [0.2, 0.25) is 0 Å². The SMILES string of the molecule is CCc1ccc(-c2c(-c3ccccc3)oc3ncnc(O[C@@H](C)CN(C)CCCC(=O)OC(C)(C)C)c23)cc1.Cl. The number of ether oxygens (including phenoxy) is 2. The molecule has 0 amide bonds. The van der Waals surface area contributed by atoms with Crippen molar-refractivity contribution in [2.45, 2.75) is 65.6 Å². The zero-order valence-electron chi connectivity index (χ0n) is 24.3. The van der Waals surface area contributed by atoms with Crippen LogP contribution in [0.5, 0.6) is 5.88 Å². The molecule has 214 valence electrons. The van der Waals surface area contributed by atoms with E-state index in [0.717, 1.165) is 47.2 Å². The number of benzene rings is 2. The fourth-order valence-electron chi connectivity index (χ4n) is 4.62. The van der Waals surface area contributed by atoms with Crippen molar-refractivity contribution in [3.8, 4) is 28.3 Å². The number of furan rings is 1. The van der Waals surface area contributed by atoms with Crippen LogP contribution in [0, 0.1) is 0 Å². The lowest BCUT2D eigenvalue weighted by Crippen LogP contribution is -2.32.